The average molecular weight is 714 g/mol. The van der Waals surface area contributed by atoms with Crippen LogP contribution < -0.4 is 26.2 Å². The standard InChI is InChI=1S/C35H40N8O3.C6H7N/c1-5-9-29-34(46)43(20-24-10-7-6-8-11-24)31-16-25(13-15-28(31)23(3)39-29)33(45)40-27-14-12-22(2)30(17-27)37-18-26-19-38-35(36)41-32(26)42(4)21-44;1-6-4-2-3-5-7-6/h6-8,10-17,19,21,29,33,37,40,45H,5,9,18,20H2,1-4H3,(H2,36,38,41);2-5H,1H3/t29-,33?;/m0./s1. The monoisotopic (exact) mass is 713 g/mol. The van der Waals surface area contributed by atoms with Gasteiger partial charge in [0.1, 0.15) is 11.9 Å². The van der Waals surface area contributed by atoms with Crippen molar-refractivity contribution < 1.29 is 14.7 Å². The lowest BCUT2D eigenvalue weighted by Crippen LogP contribution is -2.37. The highest BCUT2D eigenvalue weighted by atomic mass is 16.3. The average Bonchev–Trinajstić information content (AvgIpc) is 3.26. The number of rotatable bonds is 12. The Hall–Kier alpha value is -6.14. The van der Waals surface area contributed by atoms with Crippen LogP contribution in [0.4, 0.5) is 28.8 Å². The topological polar surface area (TPSA) is 162 Å². The second kappa shape index (κ2) is 17.9. The summed E-state index contributed by atoms with van der Waals surface area (Å²) in [6.45, 7) is 8.68. The Morgan fingerprint density at radius 1 is 1.00 bits per heavy atom. The summed E-state index contributed by atoms with van der Waals surface area (Å²) in [5.41, 5.74) is 14.0. The van der Waals surface area contributed by atoms with E-state index in [0.717, 1.165) is 45.9 Å². The summed E-state index contributed by atoms with van der Waals surface area (Å²) < 4.78 is 0. The number of aromatic nitrogens is 3. The Bertz CT molecular complexity index is 2040. The molecule has 0 spiro atoms. The van der Waals surface area contributed by atoms with Crippen molar-refractivity contribution >= 4 is 46.9 Å². The summed E-state index contributed by atoms with van der Waals surface area (Å²) in [4.78, 5) is 45.4. The number of amides is 2. The van der Waals surface area contributed by atoms with Crippen molar-refractivity contribution in [2.24, 2.45) is 4.99 Å². The van der Waals surface area contributed by atoms with Gasteiger partial charge in [0, 0.05) is 65.5 Å². The number of nitrogen functional groups attached to an aromatic ring is 1. The Morgan fingerprint density at radius 2 is 1.77 bits per heavy atom. The van der Waals surface area contributed by atoms with Gasteiger partial charge in [0.2, 0.25) is 12.4 Å². The number of nitrogens with zero attached hydrogens (tertiary/aromatic N) is 6. The van der Waals surface area contributed by atoms with Crippen molar-refractivity contribution in [3.8, 4) is 0 Å². The van der Waals surface area contributed by atoms with E-state index in [1.54, 1.807) is 24.3 Å². The third-order valence-electron chi connectivity index (χ3n) is 8.84. The van der Waals surface area contributed by atoms with E-state index in [1.807, 2.05) is 106 Å². The Kier molecular flexibility index (Phi) is 12.8. The number of nitrogens with one attached hydrogen (secondary N) is 2. The van der Waals surface area contributed by atoms with Crippen LogP contribution in [0.25, 0.3) is 0 Å². The van der Waals surface area contributed by atoms with Crippen LogP contribution in [-0.4, -0.2) is 51.2 Å². The van der Waals surface area contributed by atoms with Crippen molar-refractivity contribution in [3.05, 3.63) is 131 Å². The number of benzene rings is 3. The summed E-state index contributed by atoms with van der Waals surface area (Å²) >= 11 is 0. The van der Waals surface area contributed by atoms with Crippen molar-refractivity contribution in [2.75, 3.05) is 33.2 Å². The molecule has 53 heavy (non-hydrogen) atoms. The molecule has 1 aliphatic rings. The SMILES string of the molecule is CCC[C@@H]1N=C(C)c2ccc(C(O)Nc3ccc(C)c(NCc4cnc(N)nc4N(C)C=O)c3)cc2N(Cc2ccccc2)C1=O.Cc1ccccn1. The minimum atomic E-state index is -1.06. The lowest BCUT2D eigenvalue weighted by molar-refractivity contribution is -0.120. The molecule has 2 aromatic heterocycles. The first kappa shape index (κ1) is 38.1. The fourth-order valence-electron chi connectivity index (χ4n) is 5.97. The minimum absolute atomic E-state index is 0.0494. The molecule has 0 aliphatic carbocycles. The fourth-order valence-corrected chi connectivity index (χ4v) is 5.97. The van der Waals surface area contributed by atoms with Gasteiger partial charge < -0.3 is 31.3 Å². The summed E-state index contributed by atoms with van der Waals surface area (Å²) in [5.74, 6) is 0.450. The molecule has 6 rings (SSSR count). The Balaban J connectivity index is 0.000000693. The number of fused-ring (bicyclic) bond motifs is 1. The first-order valence-corrected chi connectivity index (χ1v) is 17.6. The van der Waals surface area contributed by atoms with Crippen LogP contribution in [0.5, 0.6) is 0 Å². The number of aliphatic hydroxyl groups is 1. The smallest absolute Gasteiger partial charge is 0.252 e. The normalized spacial score (nSPS) is 14.2. The van der Waals surface area contributed by atoms with E-state index in [9.17, 15) is 14.7 Å². The molecule has 3 aromatic carbocycles. The van der Waals surface area contributed by atoms with Gasteiger partial charge >= 0.3 is 0 Å². The van der Waals surface area contributed by atoms with Crippen LogP contribution in [0, 0.1) is 13.8 Å². The molecule has 2 amide bonds. The molecule has 0 bridgehead atoms. The number of carbonyl (C=O) groups is 2. The number of aryl methyl sites for hydroxylation is 2. The highest BCUT2D eigenvalue weighted by Gasteiger charge is 2.31. The fraction of sp³-hybridized carbons (Fsp3) is 0.268. The minimum Gasteiger partial charge on any atom is -0.380 e. The van der Waals surface area contributed by atoms with Crippen LogP contribution >= 0.6 is 0 Å². The van der Waals surface area contributed by atoms with Crippen molar-refractivity contribution in [2.45, 2.75) is 65.9 Å². The second-order valence-corrected chi connectivity index (χ2v) is 12.9. The first-order valence-electron chi connectivity index (χ1n) is 17.6. The lowest BCUT2D eigenvalue weighted by atomic mass is 10.0. The molecular formula is C41H47N9O3. The third-order valence-corrected chi connectivity index (χ3v) is 8.84. The molecule has 12 nitrogen and oxygen atoms in total. The van der Waals surface area contributed by atoms with E-state index in [0.29, 0.717) is 48.6 Å². The van der Waals surface area contributed by atoms with Crippen molar-refractivity contribution in [3.63, 3.8) is 0 Å². The predicted molar refractivity (Wildman–Crippen MR) is 212 cm³/mol. The quantitative estimate of drug-likeness (QED) is 0.0826. The van der Waals surface area contributed by atoms with Gasteiger partial charge in [-0.3, -0.25) is 19.6 Å². The second-order valence-electron chi connectivity index (χ2n) is 12.9. The van der Waals surface area contributed by atoms with Gasteiger partial charge in [-0.05, 0) is 68.7 Å². The number of hydrogen-bond donors (Lipinski definition) is 4. The van der Waals surface area contributed by atoms with Gasteiger partial charge in [0.15, 0.2) is 6.23 Å². The Morgan fingerprint density at radius 3 is 2.45 bits per heavy atom. The number of pyridine rings is 1. The lowest BCUT2D eigenvalue weighted by Gasteiger charge is -2.27. The van der Waals surface area contributed by atoms with Crippen LogP contribution in [0.3, 0.4) is 0 Å². The summed E-state index contributed by atoms with van der Waals surface area (Å²) in [6, 6.07) is 26.7. The van der Waals surface area contributed by atoms with E-state index < -0.39 is 12.3 Å². The zero-order valence-corrected chi connectivity index (χ0v) is 30.8. The van der Waals surface area contributed by atoms with Gasteiger partial charge in [-0.1, -0.05) is 67.9 Å². The number of aliphatic hydroxyl groups excluding tert-OH is 1. The van der Waals surface area contributed by atoms with Gasteiger partial charge in [0.25, 0.3) is 5.91 Å². The maximum Gasteiger partial charge on any atom is 0.252 e. The van der Waals surface area contributed by atoms with Crippen LogP contribution in [0.2, 0.25) is 0 Å². The van der Waals surface area contributed by atoms with Gasteiger partial charge in [0.05, 0.1) is 12.2 Å². The zero-order valence-electron chi connectivity index (χ0n) is 30.8. The van der Waals surface area contributed by atoms with Crippen LogP contribution in [0.1, 0.15) is 66.4 Å². The van der Waals surface area contributed by atoms with Crippen LogP contribution in [-0.2, 0) is 22.7 Å². The Labute approximate surface area is 310 Å². The number of hydrogen-bond acceptors (Lipinski definition) is 10. The maximum atomic E-state index is 13.8. The molecule has 0 fully saturated rings. The number of carbonyl (C=O) groups excluding carboxylic acids is 2. The molecule has 0 saturated heterocycles. The molecule has 3 heterocycles. The molecule has 12 heteroatoms. The third kappa shape index (κ3) is 9.80. The summed E-state index contributed by atoms with van der Waals surface area (Å²) in [5, 5.41) is 18.0. The molecule has 0 radical (unpaired) electrons. The molecule has 5 N–H and O–H groups in total. The zero-order chi connectivity index (χ0) is 37.9. The largest absolute Gasteiger partial charge is 0.380 e. The molecular weight excluding hydrogens is 667 g/mol. The van der Waals surface area contributed by atoms with Crippen LogP contribution in [0.15, 0.2) is 102 Å². The number of anilines is 5. The summed E-state index contributed by atoms with van der Waals surface area (Å²) in [7, 11) is 1.60. The summed E-state index contributed by atoms with van der Waals surface area (Å²) in [6.07, 6.45) is 4.49. The molecule has 5 aromatic rings. The van der Waals surface area contributed by atoms with Gasteiger partial charge in [-0.2, -0.15) is 4.98 Å². The molecule has 274 valence electrons. The van der Waals surface area contributed by atoms with E-state index in [4.69, 9.17) is 10.7 Å². The predicted octanol–water partition coefficient (Wildman–Crippen LogP) is 6.59. The van der Waals surface area contributed by atoms with E-state index in [-0.39, 0.29) is 11.9 Å². The molecule has 1 aliphatic heterocycles. The maximum absolute atomic E-state index is 13.8. The van der Waals surface area contributed by atoms with E-state index in [1.165, 1.54) is 4.90 Å². The molecule has 2 atom stereocenters. The molecule has 0 saturated carbocycles. The number of aliphatic imine (C=N–C) groups is 1. The van der Waals surface area contributed by atoms with Crippen molar-refractivity contribution in [1.29, 1.82) is 0 Å². The number of nitrogens with two attached hydrogens (primary N) is 1. The first-order chi connectivity index (χ1) is 25.6. The molecule has 1 unspecified atom stereocenters. The van der Waals surface area contributed by atoms with Gasteiger partial charge in [-0.15, -0.1) is 0 Å². The van der Waals surface area contributed by atoms with E-state index in [2.05, 4.69) is 32.5 Å². The van der Waals surface area contributed by atoms with Crippen molar-refractivity contribution in [1.82, 2.24) is 15.0 Å². The van der Waals surface area contributed by atoms with Gasteiger partial charge in [-0.25, -0.2) is 4.98 Å². The highest BCUT2D eigenvalue weighted by molar-refractivity contribution is 6.12. The number of benzodiazepines with no additional fused rings is 1. The van der Waals surface area contributed by atoms with E-state index >= 15 is 0 Å². The highest BCUT2D eigenvalue weighted by Crippen LogP contribution is 2.33.